The summed E-state index contributed by atoms with van der Waals surface area (Å²) in [4.78, 5) is 0. The maximum Gasteiger partial charge on any atom is -0.0114 e. The lowest BCUT2D eigenvalue weighted by molar-refractivity contribution is 0.695. The Kier molecular flexibility index (Phi) is 6.67. The molecule has 1 heterocycles. The molecule has 0 N–H and O–H groups in total. The highest BCUT2D eigenvalue weighted by Crippen LogP contribution is 2.38. The van der Waals surface area contributed by atoms with E-state index in [4.69, 9.17) is 0 Å². The summed E-state index contributed by atoms with van der Waals surface area (Å²) in [6.07, 6.45) is 18.7. The van der Waals surface area contributed by atoms with Gasteiger partial charge in [-0.05, 0) is 32.1 Å². The van der Waals surface area contributed by atoms with Crippen LogP contribution in [0.15, 0.2) is 24.0 Å². The monoisotopic (exact) mass is 287 g/mol. The van der Waals surface area contributed by atoms with Gasteiger partial charge >= 0.3 is 0 Å². The van der Waals surface area contributed by atoms with Crippen LogP contribution in [0.25, 0.3) is 5.57 Å². The van der Waals surface area contributed by atoms with Gasteiger partial charge in [-0.25, -0.2) is 5.80 Å². The van der Waals surface area contributed by atoms with E-state index >= 15 is 0 Å². The van der Waals surface area contributed by atoms with Crippen LogP contribution >= 0.6 is 8.19 Å². The molecular formula is C19H28P-. The normalized spacial score (nSPS) is 14.4. The predicted molar refractivity (Wildman–Crippen MR) is 92.7 cm³/mol. The maximum absolute atomic E-state index is 2.49. The Morgan fingerprint density at radius 3 is 2.40 bits per heavy atom. The summed E-state index contributed by atoms with van der Waals surface area (Å²) in [5.41, 5.74) is 4.94. The molecule has 1 aromatic rings. The molecule has 1 heteroatoms. The first-order valence-electron chi connectivity index (χ1n) is 8.36. The van der Waals surface area contributed by atoms with Crippen molar-refractivity contribution in [3.8, 4) is 0 Å². The highest BCUT2D eigenvalue weighted by Gasteiger charge is 2.07. The SMILES string of the molecule is CCCCCc1c[p-]c(C2=CC=CC2)c1CCCCC. The van der Waals surface area contributed by atoms with E-state index in [2.05, 4.69) is 37.9 Å². The van der Waals surface area contributed by atoms with Gasteiger partial charge in [0.05, 0.1) is 0 Å². The molecule has 1 aliphatic rings. The fraction of sp³-hybridized carbons (Fsp3) is 0.579. The summed E-state index contributed by atoms with van der Waals surface area (Å²) >= 11 is 0. The first-order valence-corrected chi connectivity index (χ1v) is 9.32. The predicted octanol–water partition coefficient (Wildman–Crippen LogP) is 6.79. The topological polar surface area (TPSA) is 0 Å². The summed E-state index contributed by atoms with van der Waals surface area (Å²) in [7, 11) is 1.45. The van der Waals surface area contributed by atoms with Crippen LogP contribution in [0.1, 0.15) is 75.2 Å². The van der Waals surface area contributed by atoms with E-state index < -0.39 is 0 Å². The summed E-state index contributed by atoms with van der Waals surface area (Å²) in [6, 6.07) is 0. The largest absolute Gasteiger partial charge is 0.523 e. The molecule has 0 amide bonds. The average Bonchev–Trinajstić information content (AvgIpc) is 3.09. The van der Waals surface area contributed by atoms with Crippen LogP contribution < -0.4 is 0 Å². The van der Waals surface area contributed by atoms with Crippen LogP contribution in [0.5, 0.6) is 0 Å². The summed E-state index contributed by atoms with van der Waals surface area (Å²) in [5, 5.41) is 1.64. The molecule has 0 spiro atoms. The van der Waals surface area contributed by atoms with E-state index in [-0.39, 0.29) is 0 Å². The molecule has 0 bridgehead atoms. The lowest BCUT2D eigenvalue weighted by Gasteiger charge is -2.15. The molecule has 1 aliphatic carbocycles. The zero-order chi connectivity index (χ0) is 14.2. The lowest BCUT2D eigenvalue weighted by Crippen LogP contribution is -1.95. The first kappa shape index (κ1) is 15.6. The molecule has 0 fully saturated rings. The van der Waals surface area contributed by atoms with Crippen molar-refractivity contribution in [2.75, 3.05) is 0 Å². The first-order chi connectivity index (χ1) is 9.86. The second-order valence-corrected chi connectivity index (χ2v) is 6.81. The second-order valence-electron chi connectivity index (χ2n) is 5.85. The Hall–Kier alpha value is -0.740. The molecule has 110 valence electrons. The number of rotatable bonds is 9. The van der Waals surface area contributed by atoms with Crippen molar-refractivity contribution in [3.05, 3.63) is 40.4 Å². The maximum atomic E-state index is 2.49. The molecule has 1 aromatic heterocycles. The zero-order valence-corrected chi connectivity index (χ0v) is 14.0. The molecule has 20 heavy (non-hydrogen) atoms. The Labute approximate surface area is 126 Å². The number of hydrogen-bond donors (Lipinski definition) is 0. The van der Waals surface area contributed by atoms with E-state index in [0.29, 0.717) is 0 Å². The molecule has 0 atom stereocenters. The molecule has 0 unspecified atom stereocenters. The van der Waals surface area contributed by atoms with Crippen molar-refractivity contribution in [2.45, 2.75) is 71.6 Å². The fourth-order valence-electron chi connectivity index (χ4n) is 2.96. The van der Waals surface area contributed by atoms with Gasteiger partial charge in [0, 0.05) is 0 Å². The Bertz CT molecular complexity index is 462. The van der Waals surface area contributed by atoms with Crippen LogP contribution in [0.2, 0.25) is 0 Å². The molecule has 0 aromatic carbocycles. The van der Waals surface area contributed by atoms with Gasteiger partial charge < -0.3 is 8.19 Å². The van der Waals surface area contributed by atoms with Gasteiger partial charge in [-0.2, -0.15) is 5.30 Å². The van der Waals surface area contributed by atoms with Gasteiger partial charge in [0.25, 0.3) is 0 Å². The zero-order valence-electron chi connectivity index (χ0n) is 13.1. The van der Waals surface area contributed by atoms with Crippen LogP contribution in [0, 0.1) is 0 Å². The minimum Gasteiger partial charge on any atom is -0.523 e. The second kappa shape index (κ2) is 8.53. The van der Waals surface area contributed by atoms with Crippen LogP contribution in [-0.4, -0.2) is 0 Å². The van der Waals surface area contributed by atoms with Gasteiger partial charge in [-0.3, -0.25) is 0 Å². The van der Waals surface area contributed by atoms with Crippen molar-refractivity contribution >= 4 is 13.8 Å². The van der Waals surface area contributed by atoms with E-state index in [0.717, 1.165) is 6.42 Å². The molecule has 2 rings (SSSR count). The summed E-state index contributed by atoms with van der Waals surface area (Å²) in [5.74, 6) is 2.49. The average molecular weight is 287 g/mol. The third-order valence-corrected chi connectivity index (χ3v) is 5.43. The van der Waals surface area contributed by atoms with Gasteiger partial charge in [0.1, 0.15) is 0 Å². The molecular weight excluding hydrogens is 259 g/mol. The smallest absolute Gasteiger partial charge is 0.0114 e. The molecule has 0 radical (unpaired) electrons. The number of aryl methyl sites for hydroxylation is 1. The highest BCUT2D eigenvalue weighted by atomic mass is 31.0. The Balaban J connectivity index is 2.09. The van der Waals surface area contributed by atoms with Crippen LogP contribution in [0.3, 0.4) is 0 Å². The number of allylic oxidation sites excluding steroid dienone is 4. The third kappa shape index (κ3) is 4.13. The van der Waals surface area contributed by atoms with E-state index in [1.165, 1.54) is 59.6 Å². The fourth-order valence-corrected chi connectivity index (χ4v) is 4.27. The molecule has 0 nitrogen and oxygen atoms in total. The van der Waals surface area contributed by atoms with Crippen molar-refractivity contribution in [1.29, 1.82) is 0 Å². The minimum absolute atomic E-state index is 1.15. The van der Waals surface area contributed by atoms with Crippen molar-refractivity contribution < 1.29 is 0 Å². The summed E-state index contributed by atoms with van der Waals surface area (Å²) in [6.45, 7) is 4.59. The Morgan fingerprint density at radius 2 is 1.75 bits per heavy atom. The third-order valence-electron chi connectivity index (χ3n) is 4.18. The van der Waals surface area contributed by atoms with Crippen molar-refractivity contribution in [1.82, 2.24) is 0 Å². The number of hydrogen-bond acceptors (Lipinski definition) is 0. The van der Waals surface area contributed by atoms with Crippen molar-refractivity contribution in [2.24, 2.45) is 0 Å². The number of unbranched alkanes of at least 4 members (excludes halogenated alkanes) is 4. The molecule has 0 saturated carbocycles. The van der Waals surface area contributed by atoms with Crippen LogP contribution in [0.4, 0.5) is 0 Å². The van der Waals surface area contributed by atoms with Gasteiger partial charge in [-0.1, -0.05) is 74.5 Å². The van der Waals surface area contributed by atoms with E-state index in [1.54, 1.807) is 22.0 Å². The molecule has 0 saturated heterocycles. The Morgan fingerprint density at radius 1 is 1.00 bits per heavy atom. The van der Waals surface area contributed by atoms with Gasteiger partial charge in [0.2, 0.25) is 0 Å². The van der Waals surface area contributed by atoms with Gasteiger partial charge in [-0.15, -0.1) is 0 Å². The van der Waals surface area contributed by atoms with Gasteiger partial charge in [0.15, 0.2) is 0 Å². The highest BCUT2D eigenvalue weighted by molar-refractivity contribution is 7.31. The summed E-state index contributed by atoms with van der Waals surface area (Å²) < 4.78 is 0. The van der Waals surface area contributed by atoms with E-state index in [9.17, 15) is 0 Å². The van der Waals surface area contributed by atoms with Crippen LogP contribution in [-0.2, 0) is 12.8 Å². The minimum atomic E-state index is 1.15. The lowest BCUT2D eigenvalue weighted by atomic mass is 9.97. The molecule has 0 aliphatic heterocycles. The van der Waals surface area contributed by atoms with Crippen molar-refractivity contribution in [3.63, 3.8) is 0 Å². The standard InChI is InChI=1S/C19H28P/c1-3-5-7-13-17-15-20-19(16-11-9-10-12-16)18(17)14-8-6-4-2/h9-11,15H,3-8,12-14H2,1-2H3/q-1. The quantitative estimate of drug-likeness (QED) is 0.438. The van der Waals surface area contributed by atoms with E-state index in [1.807, 2.05) is 0 Å².